The first-order chi connectivity index (χ1) is 13.0. The van der Waals surface area contributed by atoms with Gasteiger partial charge in [-0.2, -0.15) is 0 Å². The Kier molecular flexibility index (Phi) is 4.08. The van der Waals surface area contributed by atoms with Crippen molar-refractivity contribution < 1.29 is 23.5 Å². The molecular formula is C18H12FN3O4S. The molecular weight excluding hydrogens is 373 g/mol. The number of hydrogen-bond acceptors (Lipinski definition) is 6. The Morgan fingerprint density at radius 3 is 2.59 bits per heavy atom. The standard InChI is InChI=1S/C18H12FN3O4S/c1-26-13-5-3-2-4-12(13)21-15(23)9-16(24)22(18(21)25)17-20-11-7-6-10(19)8-14(11)27-17/h2-8H,9H2,1H3. The molecule has 0 N–H and O–H groups in total. The first kappa shape index (κ1) is 17.1. The zero-order valence-electron chi connectivity index (χ0n) is 14.0. The number of urea groups is 1. The summed E-state index contributed by atoms with van der Waals surface area (Å²) in [5, 5.41) is 0.0815. The van der Waals surface area contributed by atoms with Gasteiger partial charge >= 0.3 is 6.03 Å². The lowest BCUT2D eigenvalue weighted by atomic mass is 10.2. The van der Waals surface area contributed by atoms with Gasteiger partial charge in [-0.3, -0.25) is 9.59 Å². The Morgan fingerprint density at radius 2 is 1.81 bits per heavy atom. The molecule has 0 bridgehead atoms. The summed E-state index contributed by atoms with van der Waals surface area (Å²) in [6, 6.07) is 9.65. The van der Waals surface area contributed by atoms with Crippen LogP contribution in [0.5, 0.6) is 5.75 Å². The van der Waals surface area contributed by atoms with Gasteiger partial charge in [0.1, 0.15) is 18.0 Å². The number of ether oxygens (including phenoxy) is 1. The minimum atomic E-state index is -0.847. The van der Waals surface area contributed by atoms with Crippen molar-refractivity contribution in [3.05, 3.63) is 48.3 Å². The second-order valence-corrected chi connectivity index (χ2v) is 6.71. The molecule has 2 aromatic carbocycles. The highest BCUT2D eigenvalue weighted by atomic mass is 32.1. The molecule has 3 aromatic rings. The maximum absolute atomic E-state index is 13.4. The Balaban J connectivity index is 1.79. The van der Waals surface area contributed by atoms with E-state index in [1.54, 1.807) is 24.3 Å². The van der Waals surface area contributed by atoms with Crippen LogP contribution in [0.1, 0.15) is 6.42 Å². The molecule has 0 unspecified atom stereocenters. The lowest BCUT2D eigenvalue weighted by Gasteiger charge is -2.31. The van der Waals surface area contributed by atoms with Crippen LogP contribution in [0.25, 0.3) is 10.2 Å². The molecule has 27 heavy (non-hydrogen) atoms. The van der Waals surface area contributed by atoms with Crippen LogP contribution < -0.4 is 14.5 Å². The number of amides is 4. The number of methoxy groups -OCH3 is 1. The molecule has 1 saturated heterocycles. The van der Waals surface area contributed by atoms with Gasteiger partial charge in [0, 0.05) is 0 Å². The third-order valence-corrected chi connectivity index (χ3v) is 5.04. The van der Waals surface area contributed by atoms with E-state index < -0.39 is 30.1 Å². The van der Waals surface area contributed by atoms with E-state index in [0.717, 1.165) is 21.1 Å². The van der Waals surface area contributed by atoms with Crippen LogP contribution in [0, 0.1) is 5.82 Å². The average molecular weight is 385 g/mol. The van der Waals surface area contributed by atoms with Gasteiger partial charge in [-0.25, -0.2) is 24.0 Å². The molecule has 7 nitrogen and oxygen atoms in total. The summed E-state index contributed by atoms with van der Waals surface area (Å²) in [5.74, 6) is -1.46. The lowest BCUT2D eigenvalue weighted by molar-refractivity contribution is -0.126. The largest absolute Gasteiger partial charge is 0.495 e. The number of benzene rings is 2. The van der Waals surface area contributed by atoms with Crippen molar-refractivity contribution in [2.75, 3.05) is 16.9 Å². The van der Waals surface area contributed by atoms with Crippen molar-refractivity contribution in [1.29, 1.82) is 0 Å². The maximum Gasteiger partial charge on any atom is 0.344 e. The summed E-state index contributed by atoms with van der Waals surface area (Å²) in [6.45, 7) is 0. The normalized spacial score (nSPS) is 15.0. The van der Waals surface area contributed by atoms with Crippen molar-refractivity contribution in [1.82, 2.24) is 4.98 Å². The number of halogens is 1. The lowest BCUT2D eigenvalue weighted by Crippen LogP contribution is -2.55. The summed E-state index contributed by atoms with van der Waals surface area (Å²) >= 11 is 0.998. The van der Waals surface area contributed by atoms with Gasteiger partial charge in [0.05, 0.1) is 23.0 Å². The Morgan fingerprint density at radius 1 is 1.07 bits per heavy atom. The van der Waals surface area contributed by atoms with Crippen LogP contribution in [-0.4, -0.2) is 29.9 Å². The zero-order valence-corrected chi connectivity index (χ0v) is 14.8. The predicted octanol–water partition coefficient (Wildman–Crippen LogP) is 3.33. The highest BCUT2D eigenvalue weighted by Gasteiger charge is 2.42. The number of fused-ring (bicyclic) bond motifs is 1. The van der Waals surface area contributed by atoms with Gasteiger partial charge in [-0.1, -0.05) is 23.5 Å². The first-order valence-electron chi connectivity index (χ1n) is 7.88. The number of para-hydroxylation sites is 2. The minimum Gasteiger partial charge on any atom is -0.495 e. The summed E-state index contributed by atoms with van der Waals surface area (Å²) < 4.78 is 19.1. The molecule has 4 amide bonds. The van der Waals surface area contributed by atoms with Crippen LogP contribution >= 0.6 is 11.3 Å². The van der Waals surface area contributed by atoms with Gasteiger partial charge in [0.2, 0.25) is 16.9 Å². The number of carbonyl (C=O) groups is 3. The molecule has 0 radical (unpaired) electrons. The molecule has 0 saturated carbocycles. The summed E-state index contributed by atoms with van der Waals surface area (Å²) in [4.78, 5) is 43.8. The monoisotopic (exact) mass is 385 g/mol. The van der Waals surface area contributed by atoms with Crippen molar-refractivity contribution in [3.8, 4) is 5.75 Å². The molecule has 1 aliphatic rings. The van der Waals surface area contributed by atoms with Crippen LogP contribution in [0.3, 0.4) is 0 Å². The highest BCUT2D eigenvalue weighted by Crippen LogP contribution is 2.35. The van der Waals surface area contributed by atoms with E-state index in [2.05, 4.69) is 4.98 Å². The number of imide groups is 2. The van der Waals surface area contributed by atoms with Gasteiger partial charge in [0.25, 0.3) is 0 Å². The molecule has 9 heteroatoms. The molecule has 2 heterocycles. The van der Waals surface area contributed by atoms with E-state index in [4.69, 9.17) is 4.74 Å². The van der Waals surface area contributed by atoms with Gasteiger partial charge in [-0.05, 0) is 30.3 Å². The number of rotatable bonds is 3. The Hall–Kier alpha value is -3.33. The zero-order chi connectivity index (χ0) is 19.1. The number of nitrogens with zero attached hydrogens (tertiary/aromatic N) is 3. The fourth-order valence-corrected chi connectivity index (χ4v) is 3.82. The Bertz CT molecular complexity index is 1100. The molecule has 0 aliphatic carbocycles. The first-order valence-corrected chi connectivity index (χ1v) is 8.70. The van der Waals surface area contributed by atoms with E-state index in [1.165, 1.54) is 25.3 Å². The van der Waals surface area contributed by atoms with E-state index in [9.17, 15) is 18.8 Å². The smallest absolute Gasteiger partial charge is 0.344 e. The van der Waals surface area contributed by atoms with Crippen molar-refractivity contribution in [3.63, 3.8) is 0 Å². The number of anilines is 2. The van der Waals surface area contributed by atoms with Gasteiger partial charge < -0.3 is 4.74 Å². The van der Waals surface area contributed by atoms with Crippen LogP contribution in [-0.2, 0) is 9.59 Å². The van der Waals surface area contributed by atoms with Crippen molar-refractivity contribution in [2.45, 2.75) is 6.42 Å². The molecule has 1 aliphatic heterocycles. The Labute approximate surface area is 156 Å². The summed E-state index contributed by atoms with van der Waals surface area (Å²) in [5.41, 5.74) is 0.692. The van der Waals surface area contributed by atoms with E-state index >= 15 is 0 Å². The third-order valence-electron chi connectivity index (χ3n) is 4.04. The molecule has 4 rings (SSSR count). The van der Waals surface area contributed by atoms with Crippen molar-refractivity contribution >= 4 is 50.2 Å². The quantitative estimate of drug-likeness (QED) is 0.646. The van der Waals surface area contributed by atoms with E-state index in [1.807, 2.05) is 0 Å². The second kappa shape index (κ2) is 6.44. The summed E-state index contributed by atoms with van der Waals surface area (Å²) in [6.07, 6.45) is -0.492. The maximum atomic E-state index is 13.4. The highest BCUT2D eigenvalue weighted by molar-refractivity contribution is 7.22. The number of hydrogen-bond donors (Lipinski definition) is 0. The van der Waals surface area contributed by atoms with Crippen LogP contribution in [0.2, 0.25) is 0 Å². The molecule has 1 fully saturated rings. The van der Waals surface area contributed by atoms with E-state index in [0.29, 0.717) is 16.0 Å². The predicted molar refractivity (Wildman–Crippen MR) is 97.6 cm³/mol. The number of carbonyl (C=O) groups excluding carboxylic acids is 3. The van der Waals surface area contributed by atoms with Gasteiger partial charge in [-0.15, -0.1) is 0 Å². The number of aromatic nitrogens is 1. The molecule has 136 valence electrons. The summed E-state index contributed by atoms with van der Waals surface area (Å²) in [7, 11) is 1.42. The minimum absolute atomic E-state index is 0.0815. The number of thiazole rings is 1. The second-order valence-electron chi connectivity index (χ2n) is 5.70. The fourth-order valence-electron chi connectivity index (χ4n) is 2.82. The molecule has 0 spiro atoms. The third kappa shape index (κ3) is 2.81. The molecule has 1 aromatic heterocycles. The van der Waals surface area contributed by atoms with Crippen LogP contribution in [0.15, 0.2) is 42.5 Å². The molecule has 0 atom stereocenters. The fraction of sp³-hybridized carbons (Fsp3) is 0.111. The topological polar surface area (TPSA) is 79.8 Å². The SMILES string of the molecule is COc1ccccc1N1C(=O)CC(=O)N(c2nc3ccc(F)cc3s2)C1=O. The van der Waals surface area contributed by atoms with Crippen molar-refractivity contribution in [2.24, 2.45) is 0 Å². The van der Waals surface area contributed by atoms with E-state index in [-0.39, 0.29) is 10.8 Å². The number of barbiturate groups is 1. The van der Waals surface area contributed by atoms with Gasteiger partial charge in [0.15, 0.2) is 0 Å². The van der Waals surface area contributed by atoms with Crippen LogP contribution in [0.4, 0.5) is 20.0 Å². The average Bonchev–Trinajstić information content (AvgIpc) is 3.04.